The molecular formula is C68H98O3Si3. The molecule has 3 nitrogen and oxygen atoms in total. The van der Waals surface area contributed by atoms with Gasteiger partial charge in [-0.2, -0.15) is 0 Å². The molecule has 1 fully saturated rings. The molecule has 0 heterocycles. The van der Waals surface area contributed by atoms with Gasteiger partial charge in [-0.25, -0.2) is 0 Å². The summed E-state index contributed by atoms with van der Waals surface area (Å²) in [6.45, 7) is 40.8. The summed E-state index contributed by atoms with van der Waals surface area (Å²) in [6.07, 6.45) is 12.3. The van der Waals surface area contributed by atoms with E-state index in [1.54, 1.807) is 6.55 Å². The summed E-state index contributed by atoms with van der Waals surface area (Å²) in [5, 5.41) is 2.80. The summed E-state index contributed by atoms with van der Waals surface area (Å²) in [5.41, 5.74) is 4.59. The van der Waals surface area contributed by atoms with E-state index in [1.807, 2.05) is 134 Å². The maximum Gasteiger partial charge on any atom is 0.346 e. The zero-order chi connectivity index (χ0) is 56.1. The third-order valence-electron chi connectivity index (χ3n) is 10.5. The number of rotatable bonds is 10. The number of hydrogen-bond acceptors (Lipinski definition) is 3. The Morgan fingerprint density at radius 3 is 0.757 bits per heavy atom. The van der Waals surface area contributed by atoms with Crippen LogP contribution in [0.4, 0.5) is 0 Å². The fourth-order valence-corrected chi connectivity index (χ4v) is 9.41. The third-order valence-corrected chi connectivity index (χ3v) is 15.1. The van der Waals surface area contributed by atoms with Gasteiger partial charge < -0.3 is 13.4 Å². The second kappa shape index (κ2) is 46.1. The van der Waals surface area contributed by atoms with Crippen LogP contribution >= 0.6 is 0 Å². The molecule has 0 amide bonds. The average molecular weight is 1050 g/mol. The van der Waals surface area contributed by atoms with Crippen molar-refractivity contribution in [3.8, 4) is 0 Å². The van der Waals surface area contributed by atoms with Crippen LogP contribution in [0.25, 0.3) is 0 Å². The van der Waals surface area contributed by atoms with Crippen molar-refractivity contribution in [1.29, 1.82) is 0 Å². The van der Waals surface area contributed by atoms with Gasteiger partial charge in [0.15, 0.2) is 0 Å². The summed E-state index contributed by atoms with van der Waals surface area (Å²) in [5.74, 6) is 3.92. The van der Waals surface area contributed by atoms with E-state index in [9.17, 15) is 13.4 Å². The molecule has 6 heteroatoms. The molecule has 1 aliphatic carbocycles. The van der Waals surface area contributed by atoms with Crippen molar-refractivity contribution in [1.82, 2.24) is 0 Å². The van der Waals surface area contributed by atoms with Crippen LogP contribution in [0.3, 0.4) is 0 Å². The van der Waals surface area contributed by atoms with E-state index in [-0.39, 0.29) is 0 Å². The Bertz CT molecular complexity index is 2090. The minimum atomic E-state index is -1.79. The molecule has 400 valence electrons. The Kier molecular flexibility index (Phi) is 44.1. The van der Waals surface area contributed by atoms with Crippen molar-refractivity contribution in [3.05, 3.63) is 237 Å². The van der Waals surface area contributed by atoms with Crippen LogP contribution in [-0.4, -0.2) is 26.0 Å². The molecule has 0 N–H and O–H groups in total. The van der Waals surface area contributed by atoms with Crippen molar-refractivity contribution in [3.63, 3.8) is 0 Å². The fraction of sp³-hybridized carbons (Fsp3) is 0.382. The predicted molar refractivity (Wildman–Crippen MR) is 333 cm³/mol. The van der Waals surface area contributed by atoms with E-state index >= 15 is 0 Å². The SMILES string of the molecule is C=CC(C)c1ccccc1.C=CC(C)c1ccccc1.C=CC(C)c1ccccc1.CC(C)C.CC(C)C.CC(C)C.C[Si](=O)C1CCCCC1.C[Si](=O)c1ccccc1.O=[Si](c1ccccc1)c1ccccc1. The lowest BCUT2D eigenvalue weighted by Crippen LogP contribution is -2.33. The first-order chi connectivity index (χ1) is 35.2. The molecule has 6 aromatic carbocycles. The minimum absolute atomic E-state index is 0.473. The Hall–Kier alpha value is -5.41. The molecule has 6 aromatic rings. The van der Waals surface area contributed by atoms with E-state index < -0.39 is 26.0 Å². The lowest BCUT2D eigenvalue weighted by atomic mass is 10.0. The molecule has 0 spiro atoms. The van der Waals surface area contributed by atoms with Crippen molar-refractivity contribution in [2.24, 2.45) is 17.8 Å². The van der Waals surface area contributed by atoms with Gasteiger partial charge in [0.05, 0.1) is 0 Å². The second-order valence-electron chi connectivity index (χ2n) is 20.4. The number of benzene rings is 6. The first-order valence-corrected chi connectivity index (χ1v) is 32.3. The summed E-state index contributed by atoms with van der Waals surface area (Å²) in [6, 6.07) is 59.8. The maximum atomic E-state index is 12.0. The van der Waals surface area contributed by atoms with Crippen LogP contribution in [0, 0.1) is 17.8 Å². The molecule has 0 aromatic heterocycles. The van der Waals surface area contributed by atoms with Gasteiger partial charge in [-0.15, -0.1) is 19.7 Å². The molecular weight excluding hydrogens is 949 g/mol. The van der Waals surface area contributed by atoms with Gasteiger partial charge in [0.2, 0.25) is 0 Å². The summed E-state index contributed by atoms with van der Waals surface area (Å²) < 4.78 is 33.8. The van der Waals surface area contributed by atoms with Gasteiger partial charge in [0.1, 0.15) is 0 Å². The van der Waals surface area contributed by atoms with Crippen molar-refractivity contribution >= 4 is 41.6 Å². The van der Waals surface area contributed by atoms with Crippen LogP contribution in [-0.2, 0) is 13.4 Å². The topological polar surface area (TPSA) is 51.2 Å². The monoisotopic (exact) mass is 1050 g/mol. The molecule has 74 heavy (non-hydrogen) atoms. The van der Waals surface area contributed by atoms with Gasteiger partial charge in [0.25, 0.3) is 8.68 Å². The fourth-order valence-electron chi connectivity index (χ4n) is 6.21. The van der Waals surface area contributed by atoms with Gasteiger partial charge >= 0.3 is 17.4 Å². The van der Waals surface area contributed by atoms with E-state index in [2.05, 4.69) is 176 Å². The molecule has 1 saturated carbocycles. The Balaban J connectivity index is 0. The lowest BCUT2D eigenvalue weighted by molar-refractivity contribution is 0.467. The normalized spacial score (nSPS) is 12.1. The Morgan fingerprint density at radius 2 is 0.581 bits per heavy atom. The van der Waals surface area contributed by atoms with Crippen LogP contribution in [0.1, 0.15) is 150 Å². The molecule has 1 aliphatic rings. The first-order valence-electron chi connectivity index (χ1n) is 27.0. The zero-order valence-corrected chi connectivity index (χ0v) is 51.5. The summed E-state index contributed by atoms with van der Waals surface area (Å²) in [4.78, 5) is 0. The Labute approximate surface area is 458 Å². The van der Waals surface area contributed by atoms with Crippen LogP contribution in [0.5, 0.6) is 0 Å². The van der Waals surface area contributed by atoms with Gasteiger partial charge in [0, 0.05) is 15.9 Å². The van der Waals surface area contributed by atoms with Gasteiger partial charge in [-0.1, -0.05) is 303 Å². The summed E-state index contributed by atoms with van der Waals surface area (Å²) >= 11 is 0. The highest BCUT2D eigenvalue weighted by atomic mass is 28.3. The predicted octanol–water partition coefficient (Wildman–Crippen LogP) is 18.5. The molecule has 3 unspecified atom stereocenters. The van der Waals surface area contributed by atoms with Gasteiger partial charge in [-0.3, -0.25) is 0 Å². The van der Waals surface area contributed by atoms with Crippen molar-refractivity contribution < 1.29 is 13.4 Å². The van der Waals surface area contributed by atoms with E-state index in [1.165, 1.54) is 48.8 Å². The molecule has 3 atom stereocenters. The molecule has 7 rings (SSSR count). The molecule has 0 bridgehead atoms. The number of allylic oxidation sites excluding steroid dienone is 3. The standard InChI is InChI=1S/C12H10OSi.3C10H12.C7H14OSi.C7H8OSi.3C4H10/c13-14(11-7-3-1-4-8-11)12-9-5-2-6-10-12;3*1-3-9(2)10-7-5-4-6-8-10;2*1-9(8)7-5-3-2-4-6-7;3*1-4(2)3/h1-10H;3*3-9H,1H2,2H3;7H,2-6H2,1H3;2-6H,1H3;3*4H,1-3H3. The van der Waals surface area contributed by atoms with Crippen LogP contribution < -0.4 is 15.6 Å². The zero-order valence-electron chi connectivity index (χ0n) is 48.5. The first kappa shape index (κ1) is 70.7. The highest BCUT2D eigenvalue weighted by Gasteiger charge is 2.18. The van der Waals surface area contributed by atoms with Crippen LogP contribution in [0.15, 0.2) is 220 Å². The van der Waals surface area contributed by atoms with Crippen LogP contribution in [0.2, 0.25) is 18.6 Å². The Morgan fingerprint density at radius 1 is 0.365 bits per heavy atom. The van der Waals surface area contributed by atoms with Gasteiger partial charge in [-0.05, 0) is 83.3 Å². The molecule has 0 radical (unpaired) electrons. The minimum Gasteiger partial charge on any atom is -0.388 e. The number of hydrogen-bond donors (Lipinski definition) is 0. The smallest absolute Gasteiger partial charge is 0.346 e. The molecule has 0 saturated heterocycles. The average Bonchev–Trinajstić information content (AvgIpc) is 3.42. The van der Waals surface area contributed by atoms with E-state index in [0.717, 1.165) is 33.3 Å². The van der Waals surface area contributed by atoms with E-state index in [0.29, 0.717) is 23.3 Å². The summed E-state index contributed by atoms with van der Waals surface area (Å²) in [7, 11) is -4.44. The quantitative estimate of drug-likeness (QED) is 0.101. The largest absolute Gasteiger partial charge is 0.388 e. The molecule has 0 aliphatic heterocycles. The van der Waals surface area contributed by atoms with Crippen molar-refractivity contribution in [2.45, 2.75) is 152 Å². The lowest BCUT2D eigenvalue weighted by Gasteiger charge is -2.17. The maximum absolute atomic E-state index is 12.0. The second-order valence-corrected chi connectivity index (χ2v) is 26.0. The van der Waals surface area contributed by atoms with Crippen molar-refractivity contribution in [2.75, 3.05) is 0 Å². The highest BCUT2D eigenvalue weighted by molar-refractivity contribution is 6.72. The van der Waals surface area contributed by atoms with E-state index in [4.69, 9.17) is 0 Å². The third kappa shape index (κ3) is 40.0. The highest BCUT2D eigenvalue weighted by Crippen LogP contribution is 2.28.